The first-order chi connectivity index (χ1) is 9.44. The van der Waals surface area contributed by atoms with Crippen LogP contribution in [-0.2, 0) is 10.0 Å². The third-order valence-electron chi connectivity index (χ3n) is 3.28. The summed E-state index contributed by atoms with van der Waals surface area (Å²) in [6.45, 7) is 0.974. The monoisotopic (exact) mass is 336 g/mol. The Hall–Kier alpha value is -0.490. The van der Waals surface area contributed by atoms with Gasteiger partial charge in [-0.2, -0.15) is 0 Å². The van der Waals surface area contributed by atoms with E-state index >= 15 is 0 Å². The lowest BCUT2D eigenvalue weighted by Crippen LogP contribution is -2.36. The molecule has 1 heterocycles. The van der Waals surface area contributed by atoms with Gasteiger partial charge in [0.05, 0.1) is 11.4 Å². The van der Waals surface area contributed by atoms with Crippen molar-refractivity contribution in [3.05, 3.63) is 28.2 Å². The summed E-state index contributed by atoms with van der Waals surface area (Å²) in [5, 5.41) is 4.15. The third kappa shape index (κ3) is 5.13. The van der Waals surface area contributed by atoms with Crippen LogP contribution in [0.4, 0.5) is 5.69 Å². The molecule has 4 nitrogen and oxygen atoms in total. The van der Waals surface area contributed by atoms with Gasteiger partial charge < -0.3 is 5.32 Å². The van der Waals surface area contributed by atoms with Gasteiger partial charge in [0.15, 0.2) is 0 Å². The van der Waals surface area contributed by atoms with Gasteiger partial charge in [-0.25, -0.2) is 8.42 Å². The normalized spacial score (nSPS) is 19.8. The molecule has 1 atom stereocenters. The van der Waals surface area contributed by atoms with E-state index in [9.17, 15) is 8.42 Å². The van der Waals surface area contributed by atoms with Crippen molar-refractivity contribution in [3.63, 3.8) is 0 Å². The maximum atomic E-state index is 12.0. The van der Waals surface area contributed by atoms with E-state index in [1.807, 2.05) is 0 Å². The average Bonchev–Trinajstić information content (AvgIpc) is 2.36. The molecule has 0 radical (unpaired) electrons. The zero-order valence-corrected chi connectivity index (χ0v) is 13.4. The number of halogens is 2. The van der Waals surface area contributed by atoms with E-state index in [2.05, 4.69) is 10.0 Å². The van der Waals surface area contributed by atoms with Gasteiger partial charge in [0, 0.05) is 16.1 Å². The van der Waals surface area contributed by atoms with Gasteiger partial charge in [-0.05, 0) is 44.0 Å². The van der Waals surface area contributed by atoms with E-state index in [1.54, 1.807) is 18.2 Å². The molecule has 1 unspecified atom stereocenters. The van der Waals surface area contributed by atoms with Crippen LogP contribution in [0.3, 0.4) is 0 Å². The van der Waals surface area contributed by atoms with Crippen molar-refractivity contribution in [3.8, 4) is 0 Å². The lowest BCUT2D eigenvalue weighted by atomic mass is 10.0. The van der Waals surface area contributed by atoms with E-state index in [0.29, 0.717) is 28.2 Å². The van der Waals surface area contributed by atoms with Gasteiger partial charge in [-0.3, -0.25) is 4.72 Å². The highest BCUT2D eigenvalue weighted by Gasteiger charge is 2.17. The molecule has 1 saturated heterocycles. The second kappa shape index (κ2) is 6.98. The zero-order chi connectivity index (χ0) is 14.6. The summed E-state index contributed by atoms with van der Waals surface area (Å²) in [4.78, 5) is 0. The van der Waals surface area contributed by atoms with Crippen LogP contribution in [0.2, 0.25) is 10.0 Å². The largest absolute Gasteiger partial charge is 0.314 e. The third-order valence-corrected chi connectivity index (χ3v) is 5.04. The molecule has 1 fully saturated rings. The molecule has 0 amide bonds. The topological polar surface area (TPSA) is 58.2 Å². The predicted octanol–water partition coefficient (Wildman–Crippen LogP) is 3.27. The second-order valence-electron chi connectivity index (χ2n) is 5.01. The van der Waals surface area contributed by atoms with Crippen LogP contribution in [0.1, 0.15) is 25.7 Å². The molecule has 1 aromatic rings. The summed E-state index contributed by atoms with van der Waals surface area (Å²) in [5.41, 5.74) is 0.402. The first-order valence-electron chi connectivity index (χ1n) is 6.64. The Kier molecular flexibility index (Phi) is 5.55. The number of anilines is 1. The molecule has 2 N–H and O–H groups in total. The van der Waals surface area contributed by atoms with Crippen molar-refractivity contribution in [2.75, 3.05) is 17.0 Å². The fourth-order valence-corrected chi connectivity index (χ4v) is 4.01. The van der Waals surface area contributed by atoms with Crippen molar-refractivity contribution in [1.29, 1.82) is 0 Å². The smallest absolute Gasteiger partial charge is 0.232 e. The Labute approximate surface area is 129 Å². The van der Waals surface area contributed by atoms with Crippen LogP contribution >= 0.6 is 23.2 Å². The molecule has 1 aliphatic rings. The summed E-state index contributed by atoms with van der Waals surface area (Å²) in [6, 6.07) is 4.95. The van der Waals surface area contributed by atoms with Gasteiger partial charge >= 0.3 is 0 Å². The number of hydrogen-bond acceptors (Lipinski definition) is 3. The number of benzene rings is 1. The number of nitrogens with one attached hydrogen (secondary N) is 2. The van der Waals surface area contributed by atoms with E-state index < -0.39 is 10.0 Å². The minimum Gasteiger partial charge on any atom is -0.314 e. The van der Waals surface area contributed by atoms with Crippen LogP contribution in [0.25, 0.3) is 0 Å². The van der Waals surface area contributed by atoms with Gasteiger partial charge in [-0.15, -0.1) is 0 Å². The van der Waals surface area contributed by atoms with Crippen molar-refractivity contribution >= 4 is 38.9 Å². The Bertz CT molecular complexity index is 537. The summed E-state index contributed by atoms with van der Waals surface area (Å²) in [5.74, 6) is 0.0921. The van der Waals surface area contributed by atoms with E-state index in [-0.39, 0.29) is 5.75 Å². The number of hydrogen-bond donors (Lipinski definition) is 2. The predicted molar refractivity (Wildman–Crippen MR) is 84.1 cm³/mol. The number of piperidine rings is 1. The molecule has 0 saturated carbocycles. The molecule has 0 aromatic heterocycles. The van der Waals surface area contributed by atoms with E-state index in [1.165, 1.54) is 6.42 Å². The maximum Gasteiger partial charge on any atom is 0.232 e. The van der Waals surface area contributed by atoms with Crippen molar-refractivity contribution in [1.82, 2.24) is 5.32 Å². The molecular formula is C13H18Cl2N2O2S. The van der Waals surface area contributed by atoms with Crippen molar-refractivity contribution in [2.24, 2.45) is 0 Å². The Morgan fingerprint density at radius 3 is 2.50 bits per heavy atom. The Balaban J connectivity index is 1.92. The molecule has 0 spiro atoms. The fourth-order valence-electron chi connectivity index (χ4n) is 2.31. The Morgan fingerprint density at radius 1 is 1.20 bits per heavy atom. The van der Waals surface area contributed by atoms with Crippen LogP contribution < -0.4 is 10.0 Å². The highest BCUT2D eigenvalue weighted by molar-refractivity contribution is 7.92. The molecule has 0 bridgehead atoms. The first kappa shape index (κ1) is 15.9. The zero-order valence-electron chi connectivity index (χ0n) is 11.0. The first-order valence-corrected chi connectivity index (χ1v) is 9.05. The van der Waals surface area contributed by atoms with Crippen molar-refractivity contribution < 1.29 is 8.42 Å². The lowest BCUT2D eigenvalue weighted by Gasteiger charge is -2.23. The Morgan fingerprint density at radius 2 is 1.90 bits per heavy atom. The quantitative estimate of drug-likeness (QED) is 0.867. The average molecular weight is 337 g/mol. The van der Waals surface area contributed by atoms with E-state index in [4.69, 9.17) is 23.2 Å². The van der Waals surface area contributed by atoms with E-state index in [0.717, 1.165) is 19.4 Å². The maximum absolute atomic E-state index is 12.0. The SMILES string of the molecule is O=S(=O)(CCC1CCCCN1)Nc1cc(Cl)cc(Cl)c1. The van der Waals surface area contributed by atoms with Gasteiger partial charge in [-0.1, -0.05) is 29.6 Å². The number of rotatable bonds is 5. The standard InChI is InChI=1S/C13H18Cl2N2O2S/c14-10-7-11(15)9-13(8-10)17-20(18,19)6-4-12-3-1-2-5-16-12/h7-9,12,16-17H,1-6H2. The summed E-state index contributed by atoms with van der Waals surface area (Å²) >= 11 is 11.7. The molecule has 1 aromatic carbocycles. The van der Waals surface area contributed by atoms with Crippen LogP contribution in [0, 0.1) is 0 Å². The highest BCUT2D eigenvalue weighted by Crippen LogP contribution is 2.23. The highest BCUT2D eigenvalue weighted by atomic mass is 35.5. The fraction of sp³-hybridized carbons (Fsp3) is 0.538. The minimum absolute atomic E-state index is 0.0921. The van der Waals surface area contributed by atoms with Gasteiger partial charge in [0.1, 0.15) is 0 Å². The molecule has 0 aliphatic carbocycles. The molecule has 20 heavy (non-hydrogen) atoms. The molecule has 1 aliphatic heterocycles. The molecule has 2 rings (SSSR count). The van der Waals surface area contributed by atoms with Gasteiger partial charge in [0.2, 0.25) is 10.0 Å². The lowest BCUT2D eigenvalue weighted by molar-refractivity contribution is 0.393. The number of sulfonamides is 1. The molecular weight excluding hydrogens is 319 g/mol. The van der Waals surface area contributed by atoms with Crippen LogP contribution in [-0.4, -0.2) is 26.8 Å². The van der Waals surface area contributed by atoms with Crippen LogP contribution in [0.5, 0.6) is 0 Å². The minimum atomic E-state index is -3.37. The molecule has 112 valence electrons. The summed E-state index contributed by atoms with van der Waals surface area (Å²) in [6.07, 6.45) is 3.99. The second-order valence-corrected chi connectivity index (χ2v) is 7.73. The molecule has 7 heteroatoms. The van der Waals surface area contributed by atoms with Crippen LogP contribution in [0.15, 0.2) is 18.2 Å². The summed E-state index contributed by atoms with van der Waals surface area (Å²) in [7, 11) is -3.37. The van der Waals surface area contributed by atoms with Gasteiger partial charge in [0.25, 0.3) is 0 Å². The summed E-state index contributed by atoms with van der Waals surface area (Å²) < 4.78 is 26.6. The van der Waals surface area contributed by atoms with Crippen molar-refractivity contribution in [2.45, 2.75) is 31.7 Å².